The maximum Gasteiger partial charge on any atom is 0.573 e. The van der Waals surface area contributed by atoms with E-state index in [0.29, 0.717) is 0 Å². The molecular weight excluding hydrogens is 295 g/mol. The number of Topliss-reactive ketones (excluding diaryl/α,β-unsaturated/α-hetero) is 1. The monoisotopic (exact) mass is 308 g/mol. The number of para-hydroxylation sites is 1. The number of hydrogen-bond acceptors (Lipinski definition) is 2. The second kappa shape index (κ2) is 5.61. The molecule has 2 rings (SSSR count). The standard InChI is InChI=1S/C14H13F5O2/c15-13(16)7-5-9(6-8-13)12(20)10-3-1-2-4-11(10)21-14(17,18)19/h1-4,9H,5-8H2. The van der Waals surface area contributed by atoms with Crippen molar-refractivity contribution < 1.29 is 31.5 Å². The van der Waals surface area contributed by atoms with E-state index in [1.165, 1.54) is 18.2 Å². The zero-order chi connectivity index (χ0) is 15.7. The van der Waals surface area contributed by atoms with E-state index in [1.54, 1.807) is 0 Å². The molecule has 0 aromatic heterocycles. The van der Waals surface area contributed by atoms with Crippen LogP contribution in [0.2, 0.25) is 0 Å². The third kappa shape index (κ3) is 4.15. The number of halogens is 5. The van der Waals surface area contributed by atoms with Crippen LogP contribution in [0.4, 0.5) is 22.0 Å². The molecule has 1 fully saturated rings. The summed E-state index contributed by atoms with van der Waals surface area (Å²) in [5.74, 6) is -4.65. The number of carbonyl (C=O) groups is 1. The highest BCUT2D eigenvalue weighted by Gasteiger charge is 2.39. The Bertz CT molecular complexity index is 514. The number of rotatable bonds is 3. The van der Waals surface area contributed by atoms with E-state index in [2.05, 4.69) is 4.74 Å². The van der Waals surface area contributed by atoms with Gasteiger partial charge < -0.3 is 4.74 Å². The summed E-state index contributed by atoms with van der Waals surface area (Å²) in [4.78, 5) is 12.2. The summed E-state index contributed by atoms with van der Waals surface area (Å²) in [6.07, 6.45) is -5.83. The Labute approximate surface area is 117 Å². The molecule has 0 N–H and O–H groups in total. The number of alkyl halides is 5. The van der Waals surface area contributed by atoms with Crippen LogP contribution in [-0.2, 0) is 0 Å². The fraction of sp³-hybridized carbons (Fsp3) is 0.500. The van der Waals surface area contributed by atoms with Crippen molar-refractivity contribution in [2.24, 2.45) is 5.92 Å². The predicted octanol–water partition coefficient (Wildman–Crippen LogP) is 4.59. The Balaban J connectivity index is 2.16. The number of carbonyl (C=O) groups excluding carboxylic acids is 1. The van der Waals surface area contributed by atoms with E-state index in [0.717, 1.165) is 6.07 Å². The SMILES string of the molecule is O=C(c1ccccc1OC(F)(F)F)C1CCC(F)(F)CC1. The zero-order valence-corrected chi connectivity index (χ0v) is 10.9. The van der Waals surface area contributed by atoms with Gasteiger partial charge in [0, 0.05) is 18.8 Å². The van der Waals surface area contributed by atoms with Gasteiger partial charge in [-0.1, -0.05) is 12.1 Å². The normalized spacial score (nSPS) is 19.3. The van der Waals surface area contributed by atoms with Crippen LogP contribution in [0.5, 0.6) is 5.75 Å². The van der Waals surface area contributed by atoms with E-state index in [-0.39, 0.29) is 18.4 Å². The molecule has 2 nitrogen and oxygen atoms in total. The van der Waals surface area contributed by atoms with Gasteiger partial charge in [0.05, 0.1) is 5.56 Å². The van der Waals surface area contributed by atoms with Crippen molar-refractivity contribution in [3.05, 3.63) is 29.8 Å². The minimum atomic E-state index is -4.91. The van der Waals surface area contributed by atoms with Gasteiger partial charge in [0.2, 0.25) is 5.92 Å². The fourth-order valence-electron chi connectivity index (χ4n) is 2.41. The summed E-state index contributed by atoms with van der Waals surface area (Å²) in [5.41, 5.74) is -0.218. The number of ketones is 1. The summed E-state index contributed by atoms with van der Waals surface area (Å²) < 4.78 is 66.8. The summed E-state index contributed by atoms with van der Waals surface area (Å²) in [6.45, 7) is 0. The van der Waals surface area contributed by atoms with E-state index in [9.17, 15) is 26.7 Å². The molecule has 116 valence electrons. The summed E-state index contributed by atoms with van der Waals surface area (Å²) in [5, 5.41) is 0. The zero-order valence-electron chi connectivity index (χ0n) is 10.9. The maximum atomic E-state index is 13.1. The average molecular weight is 308 g/mol. The van der Waals surface area contributed by atoms with Gasteiger partial charge in [0.25, 0.3) is 0 Å². The molecule has 0 saturated heterocycles. The van der Waals surface area contributed by atoms with E-state index >= 15 is 0 Å². The highest BCUT2D eigenvalue weighted by Crippen LogP contribution is 2.38. The molecular formula is C14H13F5O2. The molecule has 0 aliphatic heterocycles. The first-order valence-corrected chi connectivity index (χ1v) is 6.45. The van der Waals surface area contributed by atoms with Gasteiger partial charge in [-0.3, -0.25) is 4.79 Å². The van der Waals surface area contributed by atoms with Crippen LogP contribution in [0.25, 0.3) is 0 Å². The third-order valence-electron chi connectivity index (χ3n) is 3.47. The molecule has 21 heavy (non-hydrogen) atoms. The molecule has 1 aromatic carbocycles. The lowest BCUT2D eigenvalue weighted by atomic mass is 9.82. The smallest absolute Gasteiger partial charge is 0.405 e. The van der Waals surface area contributed by atoms with Gasteiger partial charge in [0.15, 0.2) is 5.78 Å². The van der Waals surface area contributed by atoms with Gasteiger partial charge in [-0.25, -0.2) is 8.78 Å². The van der Waals surface area contributed by atoms with Crippen molar-refractivity contribution in [2.45, 2.75) is 38.0 Å². The molecule has 0 heterocycles. The van der Waals surface area contributed by atoms with Gasteiger partial charge in [0.1, 0.15) is 5.75 Å². The lowest BCUT2D eigenvalue weighted by molar-refractivity contribution is -0.274. The van der Waals surface area contributed by atoms with Crippen LogP contribution in [0.3, 0.4) is 0 Å². The Morgan fingerprint density at radius 1 is 1.14 bits per heavy atom. The van der Waals surface area contributed by atoms with Crippen molar-refractivity contribution in [1.82, 2.24) is 0 Å². The van der Waals surface area contributed by atoms with Gasteiger partial charge in [-0.05, 0) is 25.0 Å². The molecule has 1 aliphatic carbocycles. The van der Waals surface area contributed by atoms with Crippen molar-refractivity contribution in [2.75, 3.05) is 0 Å². The minimum absolute atomic E-state index is 0.0355. The van der Waals surface area contributed by atoms with Crippen molar-refractivity contribution >= 4 is 5.78 Å². The molecule has 0 spiro atoms. The largest absolute Gasteiger partial charge is 0.573 e. The quantitative estimate of drug-likeness (QED) is 0.603. The van der Waals surface area contributed by atoms with Crippen LogP contribution < -0.4 is 4.74 Å². The van der Waals surface area contributed by atoms with Crippen molar-refractivity contribution in [3.63, 3.8) is 0 Å². The number of ether oxygens (including phenoxy) is 1. The molecule has 1 aromatic rings. The van der Waals surface area contributed by atoms with E-state index in [4.69, 9.17) is 0 Å². The predicted molar refractivity (Wildman–Crippen MR) is 64.4 cm³/mol. The molecule has 1 saturated carbocycles. The first-order valence-electron chi connectivity index (χ1n) is 6.45. The number of hydrogen-bond donors (Lipinski definition) is 0. The minimum Gasteiger partial charge on any atom is -0.405 e. The average Bonchev–Trinajstić information content (AvgIpc) is 2.37. The second-order valence-corrected chi connectivity index (χ2v) is 5.04. The fourth-order valence-corrected chi connectivity index (χ4v) is 2.41. The first kappa shape index (κ1) is 15.7. The van der Waals surface area contributed by atoms with Gasteiger partial charge >= 0.3 is 6.36 Å². The molecule has 1 aliphatic rings. The summed E-state index contributed by atoms with van der Waals surface area (Å²) in [7, 11) is 0. The highest BCUT2D eigenvalue weighted by molar-refractivity contribution is 6.00. The molecule has 0 amide bonds. The van der Waals surface area contributed by atoms with Gasteiger partial charge in [-0.2, -0.15) is 0 Å². The Morgan fingerprint density at radius 2 is 1.71 bits per heavy atom. The number of benzene rings is 1. The second-order valence-electron chi connectivity index (χ2n) is 5.04. The van der Waals surface area contributed by atoms with Crippen molar-refractivity contribution in [3.8, 4) is 5.75 Å². The van der Waals surface area contributed by atoms with Crippen LogP contribution in [-0.4, -0.2) is 18.1 Å². The van der Waals surface area contributed by atoms with E-state index < -0.39 is 42.6 Å². The topological polar surface area (TPSA) is 26.3 Å². The Morgan fingerprint density at radius 3 is 2.29 bits per heavy atom. The van der Waals surface area contributed by atoms with Crippen molar-refractivity contribution in [1.29, 1.82) is 0 Å². The summed E-state index contributed by atoms with van der Waals surface area (Å²) in [6, 6.07) is 4.98. The lowest BCUT2D eigenvalue weighted by Crippen LogP contribution is -2.29. The maximum absolute atomic E-state index is 13.1. The van der Waals surface area contributed by atoms with Crippen LogP contribution in [0, 0.1) is 5.92 Å². The first-order chi connectivity index (χ1) is 9.68. The third-order valence-corrected chi connectivity index (χ3v) is 3.47. The van der Waals surface area contributed by atoms with Crippen LogP contribution in [0.1, 0.15) is 36.0 Å². The molecule has 0 atom stereocenters. The molecule has 7 heteroatoms. The molecule has 0 radical (unpaired) electrons. The van der Waals surface area contributed by atoms with Crippen LogP contribution in [0.15, 0.2) is 24.3 Å². The highest BCUT2D eigenvalue weighted by atomic mass is 19.4. The Hall–Kier alpha value is -1.66. The van der Waals surface area contributed by atoms with Crippen LogP contribution >= 0.6 is 0 Å². The van der Waals surface area contributed by atoms with Gasteiger partial charge in [-0.15, -0.1) is 13.2 Å². The van der Waals surface area contributed by atoms with E-state index in [1.807, 2.05) is 0 Å². The Kier molecular flexibility index (Phi) is 4.20. The molecule has 0 unspecified atom stereocenters. The summed E-state index contributed by atoms with van der Waals surface area (Å²) >= 11 is 0. The lowest BCUT2D eigenvalue weighted by Gasteiger charge is -2.27. The molecule has 0 bridgehead atoms.